The highest BCUT2D eigenvalue weighted by Gasteiger charge is 2.24. The number of carbonyl (C=O) groups excluding carboxylic acids is 1. The summed E-state index contributed by atoms with van der Waals surface area (Å²) in [6.45, 7) is 1.02. The Hall–Kier alpha value is -3.48. The van der Waals surface area contributed by atoms with Gasteiger partial charge in [-0.05, 0) is 29.8 Å². The van der Waals surface area contributed by atoms with Gasteiger partial charge in [-0.15, -0.1) is 0 Å². The highest BCUT2D eigenvalue weighted by Crippen LogP contribution is 2.37. The second-order valence-corrected chi connectivity index (χ2v) is 5.90. The molecule has 0 bridgehead atoms. The Labute approximate surface area is 149 Å². The van der Waals surface area contributed by atoms with Crippen LogP contribution in [0.2, 0.25) is 0 Å². The van der Waals surface area contributed by atoms with Crippen molar-refractivity contribution in [2.24, 2.45) is 0 Å². The zero-order valence-electron chi connectivity index (χ0n) is 13.9. The summed E-state index contributed by atoms with van der Waals surface area (Å²) in [5.41, 5.74) is 2.76. The van der Waals surface area contributed by atoms with Gasteiger partial charge < -0.3 is 14.7 Å². The van der Waals surface area contributed by atoms with Crippen LogP contribution in [0, 0.1) is 0 Å². The molecule has 1 aliphatic rings. The lowest BCUT2D eigenvalue weighted by molar-refractivity contribution is 0.0727. The number of carbonyl (C=O) groups is 1. The first-order chi connectivity index (χ1) is 12.7. The lowest BCUT2D eigenvalue weighted by Gasteiger charge is -2.19. The van der Waals surface area contributed by atoms with Crippen LogP contribution in [0.4, 0.5) is 0 Å². The van der Waals surface area contributed by atoms with E-state index in [0.29, 0.717) is 31.1 Å². The van der Waals surface area contributed by atoms with Crippen LogP contribution in [0.15, 0.2) is 55.2 Å². The number of rotatable bonds is 2. The molecule has 0 unspecified atom stereocenters. The zero-order valence-corrected chi connectivity index (χ0v) is 13.9. The molecule has 2 aromatic heterocycles. The van der Waals surface area contributed by atoms with Gasteiger partial charge in [-0.25, -0.2) is 9.97 Å². The number of pyridine rings is 1. The molecule has 26 heavy (non-hydrogen) atoms. The Morgan fingerprint density at radius 1 is 1.15 bits per heavy atom. The predicted octanol–water partition coefficient (Wildman–Crippen LogP) is 2.28. The van der Waals surface area contributed by atoms with Crippen molar-refractivity contribution in [3.63, 3.8) is 0 Å². The van der Waals surface area contributed by atoms with E-state index in [1.807, 2.05) is 18.2 Å². The number of hydrogen-bond donors (Lipinski definition) is 1. The van der Waals surface area contributed by atoms with E-state index in [0.717, 1.165) is 16.7 Å². The van der Waals surface area contributed by atoms with Crippen molar-refractivity contribution in [1.82, 2.24) is 19.9 Å². The van der Waals surface area contributed by atoms with Gasteiger partial charge in [0.2, 0.25) is 0 Å². The van der Waals surface area contributed by atoms with Gasteiger partial charge in [0.05, 0.1) is 6.54 Å². The summed E-state index contributed by atoms with van der Waals surface area (Å²) in [7, 11) is 0. The standard InChI is InChI=1S/C19H16N4O3/c24-17-9-14(13-2-1-4-20-10-13)8-15-11-23(6-7-26-18(15)17)19(25)16-3-5-21-12-22-16/h1-5,8-10,12,24H,6-7,11H2. The number of benzene rings is 1. The maximum atomic E-state index is 12.7. The van der Waals surface area contributed by atoms with Crippen LogP contribution in [0.5, 0.6) is 11.5 Å². The third-order valence-corrected chi connectivity index (χ3v) is 4.20. The maximum Gasteiger partial charge on any atom is 0.272 e. The minimum absolute atomic E-state index is 0.0534. The fourth-order valence-corrected chi connectivity index (χ4v) is 2.95. The number of nitrogens with zero attached hydrogens (tertiary/aromatic N) is 4. The summed E-state index contributed by atoms with van der Waals surface area (Å²) in [5.74, 6) is 0.267. The topological polar surface area (TPSA) is 88.4 Å². The van der Waals surface area contributed by atoms with E-state index in [1.165, 1.54) is 12.5 Å². The molecule has 0 fully saturated rings. The van der Waals surface area contributed by atoms with Crippen LogP contribution < -0.4 is 4.74 Å². The van der Waals surface area contributed by atoms with Gasteiger partial charge in [0.25, 0.3) is 5.91 Å². The quantitative estimate of drug-likeness (QED) is 0.764. The van der Waals surface area contributed by atoms with Gasteiger partial charge >= 0.3 is 0 Å². The Balaban J connectivity index is 1.69. The molecule has 0 spiro atoms. The Morgan fingerprint density at radius 2 is 2.08 bits per heavy atom. The fourth-order valence-electron chi connectivity index (χ4n) is 2.95. The summed E-state index contributed by atoms with van der Waals surface area (Å²) >= 11 is 0. The van der Waals surface area contributed by atoms with Crippen molar-refractivity contribution in [3.05, 3.63) is 66.5 Å². The van der Waals surface area contributed by atoms with Gasteiger partial charge in [0.15, 0.2) is 11.5 Å². The molecule has 0 atom stereocenters. The van der Waals surface area contributed by atoms with Crippen LogP contribution >= 0.6 is 0 Å². The minimum Gasteiger partial charge on any atom is -0.504 e. The minimum atomic E-state index is -0.199. The molecule has 3 heterocycles. The van der Waals surface area contributed by atoms with E-state index in [-0.39, 0.29) is 11.7 Å². The molecule has 7 heteroatoms. The molecule has 0 aliphatic carbocycles. The molecule has 1 N–H and O–H groups in total. The number of phenolic OH excluding ortho intramolecular Hbond substituents is 1. The van der Waals surface area contributed by atoms with Crippen LogP contribution in [0.1, 0.15) is 16.1 Å². The monoisotopic (exact) mass is 348 g/mol. The Bertz CT molecular complexity index is 932. The molecular formula is C19H16N4O3. The normalized spacial score (nSPS) is 13.5. The zero-order chi connectivity index (χ0) is 17.9. The molecule has 0 saturated carbocycles. The van der Waals surface area contributed by atoms with Crippen LogP contribution in [0.25, 0.3) is 11.1 Å². The largest absolute Gasteiger partial charge is 0.504 e. The van der Waals surface area contributed by atoms with E-state index < -0.39 is 0 Å². The van der Waals surface area contributed by atoms with Gasteiger partial charge in [0.1, 0.15) is 18.6 Å². The molecule has 0 saturated heterocycles. The third kappa shape index (κ3) is 3.06. The van der Waals surface area contributed by atoms with Gasteiger partial charge in [0, 0.05) is 36.3 Å². The average Bonchev–Trinajstić information content (AvgIpc) is 2.91. The second-order valence-electron chi connectivity index (χ2n) is 5.90. The highest BCUT2D eigenvalue weighted by atomic mass is 16.5. The summed E-state index contributed by atoms with van der Waals surface area (Å²) in [6, 6.07) is 8.89. The van der Waals surface area contributed by atoms with Crippen LogP contribution in [-0.2, 0) is 6.54 Å². The Kier molecular flexibility index (Phi) is 4.18. The highest BCUT2D eigenvalue weighted by molar-refractivity contribution is 5.92. The summed E-state index contributed by atoms with van der Waals surface area (Å²) in [4.78, 5) is 26.3. The van der Waals surface area contributed by atoms with Crippen LogP contribution in [-0.4, -0.2) is 44.0 Å². The summed E-state index contributed by atoms with van der Waals surface area (Å²) in [5, 5.41) is 10.4. The number of amides is 1. The number of hydrogen-bond acceptors (Lipinski definition) is 6. The number of aromatic hydroxyl groups is 1. The smallest absolute Gasteiger partial charge is 0.272 e. The second kappa shape index (κ2) is 6.79. The third-order valence-electron chi connectivity index (χ3n) is 4.20. The van der Waals surface area contributed by atoms with E-state index >= 15 is 0 Å². The lowest BCUT2D eigenvalue weighted by Crippen LogP contribution is -2.33. The first-order valence-corrected chi connectivity index (χ1v) is 8.17. The first-order valence-electron chi connectivity index (χ1n) is 8.17. The molecule has 7 nitrogen and oxygen atoms in total. The number of phenols is 1. The van der Waals surface area contributed by atoms with E-state index in [2.05, 4.69) is 15.0 Å². The number of aromatic nitrogens is 3. The SMILES string of the molecule is O=C(c1ccncn1)N1CCOc2c(O)cc(-c3cccnc3)cc2C1. The summed E-state index contributed by atoms with van der Waals surface area (Å²) in [6.07, 6.45) is 6.30. The number of ether oxygens (including phenoxy) is 1. The number of fused-ring (bicyclic) bond motifs is 1. The van der Waals surface area contributed by atoms with Gasteiger partial charge in [-0.1, -0.05) is 6.07 Å². The molecule has 0 radical (unpaired) electrons. The molecule has 3 aromatic rings. The summed E-state index contributed by atoms with van der Waals surface area (Å²) < 4.78 is 5.69. The van der Waals surface area contributed by atoms with Crippen molar-refractivity contribution in [2.75, 3.05) is 13.2 Å². The van der Waals surface area contributed by atoms with Crippen molar-refractivity contribution in [2.45, 2.75) is 6.54 Å². The van der Waals surface area contributed by atoms with Crippen molar-refractivity contribution in [1.29, 1.82) is 0 Å². The molecule has 1 aliphatic heterocycles. The Morgan fingerprint density at radius 3 is 2.85 bits per heavy atom. The van der Waals surface area contributed by atoms with Crippen molar-refractivity contribution >= 4 is 5.91 Å². The average molecular weight is 348 g/mol. The first kappa shape index (κ1) is 16.0. The molecular weight excluding hydrogens is 332 g/mol. The van der Waals surface area contributed by atoms with Gasteiger partial charge in [-0.2, -0.15) is 0 Å². The molecule has 130 valence electrons. The maximum absolute atomic E-state index is 12.7. The van der Waals surface area contributed by atoms with E-state index in [9.17, 15) is 9.90 Å². The molecule has 4 rings (SSSR count). The predicted molar refractivity (Wildman–Crippen MR) is 93.6 cm³/mol. The van der Waals surface area contributed by atoms with E-state index in [4.69, 9.17) is 4.74 Å². The van der Waals surface area contributed by atoms with E-state index in [1.54, 1.807) is 29.4 Å². The lowest BCUT2D eigenvalue weighted by atomic mass is 10.0. The van der Waals surface area contributed by atoms with Crippen molar-refractivity contribution in [3.8, 4) is 22.6 Å². The fraction of sp³-hybridized carbons (Fsp3) is 0.158. The molecule has 1 aromatic carbocycles. The van der Waals surface area contributed by atoms with Gasteiger partial charge in [-0.3, -0.25) is 9.78 Å². The van der Waals surface area contributed by atoms with Crippen LogP contribution in [0.3, 0.4) is 0 Å². The molecule has 1 amide bonds. The van der Waals surface area contributed by atoms with Crippen molar-refractivity contribution < 1.29 is 14.6 Å².